The SMILES string of the molecule is C=C(C(=O)C(C)CC)/C(NC(/C=C\C(=CC)N1CCC(NC(=O)OC(C)(C)C)C1)=C/C)=C(C)/C=C(\C)Br. The Balaban J connectivity index is 3.02. The first-order chi connectivity index (χ1) is 17.2. The molecule has 1 saturated heterocycles. The molecule has 37 heavy (non-hydrogen) atoms. The Bertz CT molecular complexity index is 992. The van der Waals surface area contributed by atoms with E-state index in [4.69, 9.17) is 4.74 Å². The Kier molecular flexibility index (Phi) is 13.2. The summed E-state index contributed by atoms with van der Waals surface area (Å²) in [5.41, 5.74) is 3.51. The highest BCUT2D eigenvalue weighted by molar-refractivity contribution is 9.11. The summed E-state index contributed by atoms with van der Waals surface area (Å²) in [4.78, 5) is 27.4. The molecule has 206 valence electrons. The van der Waals surface area contributed by atoms with E-state index >= 15 is 0 Å². The first-order valence-electron chi connectivity index (χ1n) is 13.0. The molecule has 0 aliphatic carbocycles. The molecule has 6 nitrogen and oxygen atoms in total. The molecule has 7 heteroatoms. The standard InChI is InChI=1S/C30H46BrN3O3/c1-11-20(4)28(35)23(7)27(21(5)18-22(6)31)32-24(12-2)14-15-26(13-3)34-17-16-25(19-34)33-29(36)37-30(8,9)10/h12-15,18,20,25,32H,7,11,16-17,19H2,1-6,8-10H3,(H,33,36)/b15-14-,22-18+,24-12+,26-13?,27-21-. The molecule has 2 atom stereocenters. The van der Waals surface area contributed by atoms with Crippen LogP contribution in [0, 0.1) is 5.92 Å². The monoisotopic (exact) mass is 575 g/mol. The van der Waals surface area contributed by atoms with Gasteiger partial charge in [0, 0.05) is 36.0 Å². The Hall–Kier alpha value is -2.54. The molecular formula is C30H46BrN3O3. The molecule has 0 bridgehead atoms. The number of allylic oxidation sites excluding steroid dienone is 8. The predicted octanol–water partition coefficient (Wildman–Crippen LogP) is 7.28. The minimum absolute atomic E-state index is 0.0314. The molecule has 2 unspecified atom stereocenters. The van der Waals surface area contributed by atoms with Crippen LogP contribution >= 0.6 is 15.9 Å². The zero-order valence-electron chi connectivity index (χ0n) is 24.1. The molecular weight excluding hydrogens is 530 g/mol. The van der Waals surface area contributed by atoms with Crippen LogP contribution in [0.2, 0.25) is 0 Å². The van der Waals surface area contributed by atoms with Gasteiger partial charge in [0.1, 0.15) is 5.60 Å². The number of amides is 1. The molecule has 1 heterocycles. The lowest BCUT2D eigenvalue weighted by molar-refractivity contribution is -0.118. The molecule has 1 rings (SSSR count). The van der Waals surface area contributed by atoms with E-state index in [1.807, 2.05) is 80.5 Å². The molecule has 2 N–H and O–H groups in total. The number of carbonyl (C=O) groups excluding carboxylic acids is 2. The third-order valence-electron chi connectivity index (χ3n) is 6.05. The van der Waals surface area contributed by atoms with Gasteiger partial charge in [0.25, 0.3) is 0 Å². The second-order valence-corrected chi connectivity index (χ2v) is 11.7. The Morgan fingerprint density at radius 2 is 1.84 bits per heavy atom. The summed E-state index contributed by atoms with van der Waals surface area (Å²) in [6, 6.07) is 0.0314. The number of Topliss-reactive ketones (excluding diaryl/α,β-unsaturated/α-hetero) is 1. The van der Waals surface area contributed by atoms with Crippen molar-refractivity contribution in [2.24, 2.45) is 5.92 Å². The number of ether oxygens (including phenoxy) is 1. The van der Waals surface area contributed by atoms with Gasteiger partial charge in [0.15, 0.2) is 5.78 Å². The maximum Gasteiger partial charge on any atom is 0.407 e. The summed E-state index contributed by atoms with van der Waals surface area (Å²) in [7, 11) is 0. The first kappa shape index (κ1) is 32.5. The van der Waals surface area contributed by atoms with Gasteiger partial charge in [-0.2, -0.15) is 0 Å². The highest BCUT2D eigenvalue weighted by Gasteiger charge is 2.26. The van der Waals surface area contributed by atoms with Crippen molar-refractivity contribution < 1.29 is 14.3 Å². The summed E-state index contributed by atoms with van der Waals surface area (Å²) in [5.74, 6) is -0.0538. The maximum atomic E-state index is 12.9. The summed E-state index contributed by atoms with van der Waals surface area (Å²) < 4.78 is 6.36. The van der Waals surface area contributed by atoms with Crippen molar-refractivity contribution >= 4 is 27.8 Å². The van der Waals surface area contributed by atoms with Crippen LogP contribution in [0.5, 0.6) is 0 Å². The molecule has 1 aliphatic heterocycles. The molecule has 1 amide bonds. The van der Waals surface area contributed by atoms with E-state index in [1.165, 1.54) is 0 Å². The van der Waals surface area contributed by atoms with Crippen LogP contribution in [-0.4, -0.2) is 41.5 Å². The van der Waals surface area contributed by atoms with Crippen LogP contribution in [0.1, 0.15) is 75.2 Å². The first-order valence-corrected chi connectivity index (χ1v) is 13.8. The van der Waals surface area contributed by atoms with Gasteiger partial charge in [-0.05, 0) is 89.6 Å². The highest BCUT2D eigenvalue weighted by atomic mass is 79.9. The number of nitrogens with one attached hydrogen (secondary N) is 2. The Labute approximate surface area is 232 Å². The van der Waals surface area contributed by atoms with Crippen LogP contribution in [0.25, 0.3) is 0 Å². The van der Waals surface area contributed by atoms with E-state index in [-0.39, 0.29) is 23.8 Å². The minimum atomic E-state index is -0.519. The van der Waals surface area contributed by atoms with Crippen molar-refractivity contribution in [1.29, 1.82) is 0 Å². The van der Waals surface area contributed by atoms with Crippen LogP contribution in [-0.2, 0) is 9.53 Å². The number of ketones is 1. The van der Waals surface area contributed by atoms with E-state index in [0.29, 0.717) is 17.8 Å². The fraction of sp³-hybridized carbons (Fsp3) is 0.533. The minimum Gasteiger partial charge on any atom is -0.444 e. The van der Waals surface area contributed by atoms with Crippen LogP contribution in [0.4, 0.5) is 4.79 Å². The fourth-order valence-electron chi connectivity index (χ4n) is 3.89. The number of alkyl carbamates (subject to hydrolysis) is 1. The third-order valence-corrected chi connectivity index (χ3v) is 6.28. The molecule has 0 aromatic carbocycles. The van der Waals surface area contributed by atoms with E-state index in [2.05, 4.69) is 50.2 Å². The van der Waals surface area contributed by atoms with Gasteiger partial charge in [-0.3, -0.25) is 4.79 Å². The van der Waals surface area contributed by atoms with Crippen LogP contribution in [0.15, 0.2) is 69.7 Å². The average molecular weight is 577 g/mol. The zero-order valence-corrected chi connectivity index (χ0v) is 25.7. The summed E-state index contributed by atoms with van der Waals surface area (Å²) in [6.07, 6.45) is 11.3. The molecule has 1 aliphatic rings. The Morgan fingerprint density at radius 3 is 2.35 bits per heavy atom. The third kappa shape index (κ3) is 11.2. The second-order valence-electron chi connectivity index (χ2n) is 10.4. The molecule has 1 fully saturated rings. The number of halogens is 1. The van der Waals surface area contributed by atoms with Gasteiger partial charge in [-0.1, -0.05) is 48.5 Å². The fourth-order valence-corrected chi connectivity index (χ4v) is 4.23. The maximum absolute atomic E-state index is 12.9. The lowest BCUT2D eigenvalue weighted by Crippen LogP contribution is -2.40. The smallest absolute Gasteiger partial charge is 0.407 e. The average Bonchev–Trinajstić information content (AvgIpc) is 3.25. The van der Waals surface area contributed by atoms with Gasteiger partial charge >= 0.3 is 6.09 Å². The predicted molar refractivity (Wildman–Crippen MR) is 158 cm³/mol. The second kappa shape index (κ2) is 15.0. The lowest BCUT2D eigenvalue weighted by atomic mass is 9.94. The number of hydrogen-bond donors (Lipinski definition) is 2. The summed E-state index contributed by atoms with van der Waals surface area (Å²) >= 11 is 3.49. The quantitative estimate of drug-likeness (QED) is 0.200. The number of carbonyl (C=O) groups is 2. The van der Waals surface area contributed by atoms with E-state index in [1.54, 1.807) is 0 Å². The van der Waals surface area contributed by atoms with Crippen molar-refractivity contribution in [3.8, 4) is 0 Å². The van der Waals surface area contributed by atoms with Crippen molar-refractivity contribution in [2.45, 2.75) is 86.8 Å². The van der Waals surface area contributed by atoms with Gasteiger partial charge in [0.2, 0.25) is 0 Å². The van der Waals surface area contributed by atoms with Gasteiger partial charge in [-0.25, -0.2) is 4.79 Å². The number of rotatable bonds is 11. The van der Waals surface area contributed by atoms with Crippen molar-refractivity contribution in [3.05, 3.63) is 69.7 Å². The van der Waals surface area contributed by atoms with Crippen LogP contribution < -0.4 is 10.6 Å². The van der Waals surface area contributed by atoms with Gasteiger partial charge in [-0.15, -0.1) is 0 Å². The summed E-state index contributed by atoms with van der Waals surface area (Å²) in [5, 5.41) is 6.42. The molecule has 0 spiro atoms. The van der Waals surface area contributed by atoms with E-state index in [0.717, 1.165) is 40.8 Å². The number of likely N-dealkylation sites (tertiary alicyclic amines) is 1. The van der Waals surface area contributed by atoms with Gasteiger partial charge in [0.05, 0.1) is 11.7 Å². The zero-order chi connectivity index (χ0) is 28.3. The normalized spacial score (nSPS) is 19.0. The molecule has 0 saturated carbocycles. The van der Waals surface area contributed by atoms with E-state index < -0.39 is 5.60 Å². The van der Waals surface area contributed by atoms with Gasteiger partial charge < -0.3 is 20.3 Å². The van der Waals surface area contributed by atoms with Crippen molar-refractivity contribution in [3.63, 3.8) is 0 Å². The topological polar surface area (TPSA) is 70.7 Å². The lowest BCUT2D eigenvalue weighted by Gasteiger charge is -2.23. The van der Waals surface area contributed by atoms with Crippen molar-refractivity contribution in [1.82, 2.24) is 15.5 Å². The molecule has 0 aromatic heterocycles. The molecule has 0 aromatic rings. The van der Waals surface area contributed by atoms with Crippen LogP contribution in [0.3, 0.4) is 0 Å². The summed E-state index contributed by atoms with van der Waals surface area (Å²) in [6.45, 7) is 23.1. The van der Waals surface area contributed by atoms with Crippen molar-refractivity contribution in [2.75, 3.05) is 13.1 Å². The number of nitrogens with zero attached hydrogens (tertiary/aromatic N) is 1. The molecule has 0 radical (unpaired) electrons. The largest absolute Gasteiger partial charge is 0.444 e. The number of hydrogen-bond acceptors (Lipinski definition) is 5. The Morgan fingerprint density at radius 1 is 1.19 bits per heavy atom. The highest BCUT2D eigenvalue weighted by Crippen LogP contribution is 2.22. The van der Waals surface area contributed by atoms with E-state index in [9.17, 15) is 9.59 Å².